The molecule has 0 unspecified atom stereocenters. The van der Waals surface area contributed by atoms with Gasteiger partial charge in [0.1, 0.15) is 5.82 Å². The van der Waals surface area contributed by atoms with Crippen molar-refractivity contribution in [1.29, 1.82) is 0 Å². The number of hydrogen-bond acceptors (Lipinski definition) is 4. The van der Waals surface area contributed by atoms with Gasteiger partial charge in [-0.2, -0.15) is 11.3 Å². The summed E-state index contributed by atoms with van der Waals surface area (Å²) < 4.78 is 14.2. The minimum absolute atomic E-state index is 0.0442. The van der Waals surface area contributed by atoms with Gasteiger partial charge in [-0.15, -0.1) is 0 Å². The Kier molecular flexibility index (Phi) is 6.34. The van der Waals surface area contributed by atoms with E-state index in [1.165, 1.54) is 18.2 Å². The van der Waals surface area contributed by atoms with Crippen LogP contribution in [0, 0.1) is 12.7 Å². The van der Waals surface area contributed by atoms with Gasteiger partial charge in [-0.3, -0.25) is 14.6 Å². The molecule has 3 aromatic rings. The third-order valence-corrected chi connectivity index (χ3v) is 6.51. The molecule has 1 N–H and O–H groups in total. The van der Waals surface area contributed by atoms with Crippen LogP contribution in [0.15, 0.2) is 41.2 Å². The van der Waals surface area contributed by atoms with E-state index in [4.69, 9.17) is 11.6 Å². The second-order valence-corrected chi connectivity index (χ2v) is 8.67. The standard InChI is InChI=1S/C23H21ClFN3O2S/c1-14-18(11-27-21(29)9-15-6-8-31-13-15)17-5-7-28(12-16(17)10-26-14)23(30)22-19(24)3-2-4-20(22)25/h2-4,6,8,10,13H,5,7,9,11-12H2,1H3,(H,27,29). The summed E-state index contributed by atoms with van der Waals surface area (Å²) in [6, 6.07) is 6.16. The fourth-order valence-electron chi connectivity index (χ4n) is 3.82. The van der Waals surface area contributed by atoms with Crippen molar-refractivity contribution in [2.75, 3.05) is 6.54 Å². The number of carbonyl (C=O) groups excluding carboxylic acids is 2. The van der Waals surface area contributed by atoms with Crippen LogP contribution in [-0.2, 0) is 30.7 Å². The molecule has 3 heterocycles. The summed E-state index contributed by atoms with van der Waals surface area (Å²) in [4.78, 5) is 31.2. The Bertz CT molecular complexity index is 1110. The summed E-state index contributed by atoms with van der Waals surface area (Å²) in [6.07, 6.45) is 2.70. The van der Waals surface area contributed by atoms with E-state index in [9.17, 15) is 14.0 Å². The van der Waals surface area contributed by atoms with Crippen molar-refractivity contribution in [1.82, 2.24) is 15.2 Å². The monoisotopic (exact) mass is 457 g/mol. The van der Waals surface area contributed by atoms with E-state index in [1.807, 2.05) is 23.8 Å². The Labute approximate surface area is 188 Å². The van der Waals surface area contributed by atoms with Gasteiger partial charge in [0.15, 0.2) is 0 Å². The summed E-state index contributed by atoms with van der Waals surface area (Å²) in [5.74, 6) is -1.10. The Morgan fingerprint density at radius 2 is 2.16 bits per heavy atom. The molecule has 8 heteroatoms. The zero-order valence-electron chi connectivity index (χ0n) is 17.0. The lowest BCUT2D eigenvalue weighted by molar-refractivity contribution is -0.120. The summed E-state index contributed by atoms with van der Waals surface area (Å²) in [5.41, 5.74) is 4.72. The van der Waals surface area contributed by atoms with Crippen LogP contribution < -0.4 is 5.32 Å². The van der Waals surface area contributed by atoms with Gasteiger partial charge in [-0.05, 0) is 64.6 Å². The fourth-order valence-corrected chi connectivity index (χ4v) is 4.73. The van der Waals surface area contributed by atoms with Gasteiger partial charge in [0.2, 0.25) is 5.91 Å². The highest BCUT2D eigenvalue weighted by atomic mass is 35.5. The summed E-state index contributed by atoms with van der Waals surface area (Å²) in [5, 5.41) is 7.00. The zero-order chi connectivity index (χ0) is 22.0. The first-order chi connectivity index (χ1) is 14.9. The maximum absolute atomic E-state index is 14.2. The molecule has 2 amide bonds. The highest BCUT2D eigenvalue weighted by Crippen LogP contribution is 2.27. The molecule has 0 atom stereocenters. The largest absolute Gasteiger partial charge is 0.352 e. The number of nitrogens with one attached hydrogen (secondary N) is 1. The molecule has 1 aliphatic rings. The van der Waals surface area contributed by atoms with E-state index in [-0.39, 0.29) is 16.5 Å². The average Bonchev–Trinajstić information content (AvgIpc) is 3.25. The molecule has 0 fully saturated rings. The normalized spacial score (nSPS) is 13.1. The summed E-state index contributed by atoms with van der Waals surface area (Å²) in [7, 11) is 0. The van der Waals surface area contributed by atoms with Crippen LogP contribution >= 0.6 is 22.9 Å². The minimum Gasteiger partial charge on any atom is -0.352 e. The van der Waals surface area contributed by atoms with Crippen molar-refractivity contribution in [3.05, 3.63) is 85.6 Å². The number of halogens is 2. The predicted molar refractivity (Wildman–Crippen MR) is 119 cm³/mol. The van der Waals surface area contributed by atoms with E-state index in [2.05, 4.69) is 10.3 Å². The first kappa shape index (κ1) is 21.5. The third-order valence-electron chi connectivity index (χ3n) is 5.47. The molecule has 4 rings (SSSR count). The lowest BCUT2D eigenvalue weighted by Gasteiger charge is -2.31. The van der Waals surface area contributed by atoms with Gasteiger partial charge in [0.25, 0.3) is 5.91 Å². The van der Waals surface area contributed by atoms with Crippen molar-refractivity contribution in [3.63, 3.8) is 0 Å². The SMILES string of the molecule is Cc1ncc2c(c1CNC(=O)Cc1ccsc1)CCN(C(=O)c1c(F)cccc1Cl)C2. The van der Waals surface area contributed by atoms with Gasteiger partial charge < -0.3 is 10.2 Å². The summed E-state index contributed by atoms with van der Waals surface area (Å²) >= 11 is 7.64. The predicted octanol–water partition coefficient (Wildman–Crippen LogP) is 4.30. The van der Waals surface area contributed by atoms with Crippen LogP contribution in [0.2, 0.25) is 5.02 Å². The van der Waals surface area contributed by atoms with Gasteiger partial charge in [0, 0.05) is 31.5 Å². The molecule has 0 aliphatic carbocycles. The quantitative estimate of drug-likeness (QED) is 0.621. The first-order valence-electron chi connectivity index (χ1n) is 9.91. The van der Waals surface area contributed by atoms with Crippen molar-refractivity contribution in [2.45, 2.75) is 32.9 Å². The van der Waals surface area contributed by atoms with Crippen molar-refractivity contribution < 1.29 is 14.0 Å². The van der Waals surface area contributed by atoms with Crippen LogP contribution in [0.4, 0.5) is 4.39 Å². The molecule has 5 nitrogen and oxygen atoms in total. The number of carbonyl (C=O) groups is 2. The topological polar surface area (TPSA) is 62.3 Å². The van der Waals surface area contributed by atoms with Gasteiger partial charge in [0.05, 0.1) is 17.0 Å². The number of hydrogen-bond donors (Lipinski definition) is 1. The van der Waals surface area contributed by atoms with E-state index >= 15 is 0 Å². The van der Waals surface area contributed by atoms with E-state index in [1.54, 1.807) is 22.4 Å². The molecular weight excluding hydrogens is 437 g/mol. The maximum Gasteiger partial charge on any atom is 0.258 e. The third kappa shape index (κ3) is 4.62. The van der Waals surface area contributed by atoms with Gasteiger partial charge in [-0.1, -0.05) is 17.7 Å². The second kappa shape index (κ2) is 9.16. The van der Waals surface area contributed by atoms with Crippen LogP contribution in [0.25, 0.3) is 0 Å². The van der Waals surface area contributed by atoms with Crippen molar-refractivity contribution in [2.24, 2.45) is 0 Å². The number of aryl methyl sites for hydroxylation is 1. The number of thiophene rings is 1. The van der Waals surface area contributed by atoms with Crippen LogP contribution in [0.5, 0.6) is 0 Å². The Morgan fingerprint density at radius 3 is 2.90 bits per heavy atom. The van der Waals surface area contributed by atoms with Crippen LogP contribution in [0.3, 0.4) is 0 Å². The Balaban J connectivity index is 1.49. The van der Waals surface area contributed by atoms with Crippen molar-refractivity contribution >= 4 is 34.8 Å². The van der Waals surface area contributed by atoms with Crippen LogP contribution in [-0.4, -0.2) is 28.2 Å². The van der Waals surface area contributed by atoms with E-state index in [0.29, 0.717) is 32.5 Å². The molecule has 0 saturated carbocycles. The number of aromatic nitrogens is 1. The maximum atomic E-state index is 14.2. The van der Waals surface area contributed by atoms with Crippen LogP contribution in [0.1, 0.15) is 38.3 Å². The lowest BCUT2D eigenvalue weighted by atomic mass is 9.94. The molecule has 0 bridgehead atoms. The number of pyridine rings is 1. The summed E-state index contributed by atoms with van der Waals surface area (Å²) in [6.45, 7) is 3.06. The number of rotatable bonds is 5. The molecule has 160 valence electrons. The lowest BCUT2D eigenvalue weighted by Crippen LogP contribution is -2.37. The fraction of sp³-hybridized carbons (Fsp3) is 0.261. The number of nitrogens with zero attached hydrogens (tertiary/aromatic N) is 2. The highest BCUT2D eigenvalue weighted by molar-refractivity contribution is 7.08. The number of amides is 2. The minimum atomic E-state index is -0.626. The van der Waals surface area contributed by atoms with E-state index < -0.39 is 11.7 Å². The molecular formula is C23H21ClFN3O2S. The number of fused-ring (bicyclic) bond motifs is 1. The molecule has 0 spiro atoms. The molecule has 1 aromatic carbocycles. The average molecular weight is 458 g/mol. The molecule has 0 radical (unpaired) electrons. The van der Waals surface area contributed by atoms with Crippen molar-refractivity contribution in [3.8, 4) is 0 Å². The zero-order valence-corrected chi connectivity index (χ0v) is 18.5. The highest BCUT2D eigenvalue weighted by Gasteiger charge is 2.27. The molecule has 1 aliphatic heterocycles. The second-order valence-electron chi connectivity index (χ2n) is 7.48. The van der Waals surface area contributed by atoms with Gasteiger partial charge >= 0.3 is 0 Å². The molecule has 2 aromatic heterocycles. The molecule has 0 saturated heterocycles. The Morgan fingerprint density at radius 1 is 1.32 bits per heavy atom. The Hall–Kier alpha value is -2.77. The van der Waals surface area contributed by atoms with E-state index in [0.717, 1.165) is 27.9 Å². The first-order valence-corrected chi connectivity index (χ1v) is 11.2. The number of benzene rings is 1. The van der Waals surface area contributed by atoms with Gasteiger partial charge in [-0.25, -0.2) is 4.39 Å². The smallest absolute Gasteiger partial charge is 0.258 e. The molecule has 31 heavy (non-hydrogen) atoms.